The number of Topliss-reactive ketones (excluding diaryl/α,β-unsaturated/α-hetero) is 2. The molecule has 3 rings (SSSR count). The smallest absolute Gasteiger partial charge is 0.216 e. The molecule has 0 saturated carbocycles. The van der Waals surface area contributed by atoms with Crippen molar-refractivity contribution in [2.24, 2.45) is 0 Å². The Labute approximate surface area is 139 Å². The van der Waals surface area contributed by atoms with Crippen LogP contribution in [0.4, 0.5) is 5.69 Å². The largest absolute Gasteiger partial charge is 0.497 e. The zero-order chi connectivity index (χ0) is 17.5. The summed E-state index contributed by atoms with van der Waals surface area (Å²) in [6.07, 6.45) is 4.94. The highest BCUT2D eigenvalue weighted by molar-refractivity contribution is 6.16. The first-order valence-electron chi connectivity index (χ1n) is 7.46. The maximum atomic E-state index is 12.1. The van der Waals surface area contributed by atoms with E-state index in [1.54, 1.807) is 24.2 Å². The number of rotatable bonds is 4. The van der Waals surface area contributed by atoms with Gasteiger partial charge in [-0.2, -0.15) is 0 Å². The zero-order valence-corrected chi connectivity index (χ0v) is 13.6. The van der Waals surface area contributed by atoms with E-state index in [-0.39, 0.29) is 5.57 Å². The minimum absolute atomic E-state index is 0.00387. The van der Waals surface area contributed by atoms with Gasteiger partial charge in [0.2, 0.25) is 5.60 Å². The number of hydrogen-bond donors (Lipinski definition) is 0. The molecule has 1 aromatic carbocycles. The van der Waals surface area contributed by atoms with Crippen LogP contribution in [0.25, 0.3) is 6.08 Å². The lowest BCUT2D eigenvalue weighted by molar-refractivity contribution is -0.156. The van der Waals surface area contributed by atoms with Crippen LogP contribution in [0.15, 0.2) is 36.0 Å². The van der Waals surface area contributed by atoms with Gasteiger partial charge in [-0.25, -0.2) is 0 Å². The molecule has 1 unspecified atom stereocenters. The Bertz CT molecular complexity index is 779. The summed E-state index contributed by atoms with van der Waals surface area (Å²) in [7, 11) is 1.58. The van der Waals surface area contributed by atoms with Crippen molar-refractivity contribution in [3.05, 3.63) is 41.6 Å². The van der Waals surface area contributed by atoms with Gasteiger partial charge >= 0.3 is 0 Å². The lowest BCUT2D eigenvalue weighted by Crippen LogP contribution is -2.57. The van der Waals surface area contributed by atoms with Gasteiger partial charge in [0, 0.05) is 11.8 Å². The number of fused-ring (bicyclic) bond motifs is 3. The van der Waals surface area contributed by atoms with Gasteiger partial charge in [-0.3, -0.25) is 14.4 Å². The van der Waals surface area contributed by atoms with E-state index < -0.39 is 23.4 Å². The van der Waals surface area contributed by atoms with Gasteiger partial charge < -0.3 is 14.4 Å². The van der Waals surface area contributed by atoms with Crippen molar-refractivity contribution in [1.82, 2.24) is 0 Å². The maximum Gasteiger partial charge on any atom is 0.216 e. The highest BCUT2D eigenvalue weighted by atomic mass is 16.5. The fourth-order valence-electron chi connectivity index (χ4n) is 3.11. The van der Waals surface area contributed by atoms with E-state index in [2.05, 4.69) is 0 Å². The number of carbonyl (C=O) groups is 3. The Morgan fingerprint density at radius 3 is 2.58 bits per heavy atom. The van der Waals surface area contributed by atoms with Crippen molar-refractivity contribution in [2.75, 3.05) is 12.0 Å². The number of ether oxygens (including phenoxy) is 2. The molecule has 124 valence electrons. The summed E-state index contributed by atoms with van der Waals surface area (Å²) < 4.78 is 11.0. The Kier molecular flexibility index (Phi) is 3.85. The third kappa shape index (κ3) is 2.18. The molecular weight excluding hydrogens is 310 g/mol. The molecule has 6 heteroatoms. The average Bonchev–Trinajstić information content (AvgIpc) is 2.59. The van der Waals surface area contributed by atoms with Crippen LogP contribution in [0.1, 0.15) is 19.4 Å². The number of ketones is 2. The van der Waals surface area contributed by atoms with Gasteiger partial charge in [-0.05, 0) is 38.1 Å². The molecule has 2 heterocycles. The fraction of sp³-hybridized carbons (Fsp3) is 0.278. The van der Waals surface area contributed by atoms with Crippen molar-refractivity contribution in [3.63, 3.8) is 0 Å². The van der Waals surface area contributed by atoms with Crippen molar-refractivity contribution in [2.45, 2.75) is 25.7 Å². The van der Waals surface area contributed by atoms with E-state index in [0.717, 1.165) is 11.3 Å². The van der Waals surface area contributed by atoms with Gasteiger partial charge in [-0.15, -0.1) is 0 Å². The first kappa shape index (κ1) is 16.1. The van der Waals surface area contributed by atoms with Crippen molar-refractivity contribution in [3.8, 4) is 5.75 Å². The van der Waals surface area contributed by atoms with E-state index in [9.17, 15) is 14.4 Å². The Morgan fingerprint density at radius 1 is 1.29 bits per heavy atom. The van der Waals surface area contributed by atoms with Crippen LogP contribution in [0.2, 0.25) is 0 Å². The third-order valence-electron chi connectivity index (χ3n) is 4.33. The molecule has 0 fully saturated rings. The lowest BCUT2D eigenvalue weighted by atomic mass is 9.85. The van der Waals surface area contributed by atoms with Gasteiger partial charge in [0.25, 0.3) is 0 Å². The molecule has 0 radical (unpaired) electrons. The van der Waals surface area contributed by atoms with Gasteiger partial charge in [0.15, 0.2) is 24.1 Å². The molecule has 0 aromatic heterocycles. The number of carbonyl (C=O) groups excluding carboxylic acids is 3. The summed E-state index contributed by atoms with van der Waals surface area (Å²) in [6, 6.07) is 5.48. The first-order valence-corrected chi connectivity index (χ1v) is 7.46. The molecule has 0 saturated heterocycles. The third-order valence-corrected chi connectivity index (χ3v) is 4.33. The standard InChI is InChI=1S/C18H17NO5/c1-11(21)18(12(2)22)14(10-20)9-19-16-6-5-15(23-3)8-13(16)4-7-17(19)24-18/h4-10,17H,1-3H3. The number of nitrogens with zero attached hydrogens (tertiary/aromatic N) is 1. The number of methoxy groups -OCH3 is 1. The number of benzene rings is 1. The molecule has 6 nitrogen and oxygen atoms in total. The summed E-state index contributed by atoms with van der Waals surface area (Å²) in [5.41, 5.74) is -0.176. The minimum atomic E-state index is -1.85. The van der Waals surface area contributed by atoms with Gasteiger partial charge in [0.1, 0.15) is 5.75 Å². The molecule has 0 aliphatic carbocycles. The normalized spacial score (nSPS) is 20.5. The van der Waals surface area contributed by atoms with Crippen LogP contribution in [-0.2, 0) is 19.1 Å². The van der Waals surface area contributed by atoms with Crippen LogP contribution in [-0.4, -0.2) is 36.8 Å². The van der Waals surface area contributed by atoms with Gasteiger partial charge in [0.05, 0.1) is 18.4 Å². The second kappa shape index (κ2) is 5.72. The van der Waals surface area contributed by atoms with Crippen molar-refractivity contribution >= 4 is 29.6 Å². The molecular formula is C18H17NO5. The van der Waals surface area contributed by atoms with Crippen LogP contribution >= 0.6 is 0 Å². The molecule has 0 amide bonds. The fourth-order valence-corrected chi connectivity index (χ4v) is 3.11. The van der Waals surface area contributed by atoms with Crippen LogP contribution < -0.4 is 9.64 Å². The summed E-state index contributed by atoms with van der Waals surface area (Å²) in [5.74, 6) is -0.319. The SMILES string of the molecule is COc1ccc2c(c1)C=CC1OC(C(C)=O)(C(C)=O)C(C=O)=CN21. The van der Waals surface area contributed by atoms with Gasteiger partial charge in [-0.1, -0.05) is 6.08 Å². The summed E-state index contributed by atoms with van der Waals surface area (Å²) >= 11 is 0. The molecule has 0 bridgehead atoms. The molecule has 1 aromatic rings. The predicted molar refractivity (Wildman–Crippen MR) is 87.6 cm³/mol. The Balaban J connectivity index is 2.15. The molecule has 0 spiro atoms. The summed E-state index contributed by atoms with van der Waals surface area (Å²) in [6.45, 7) is 2.50. The van der Waals surface area contributed by atoms with Crippen LogP contribution in [0, 0.1) is 0 Å². The number of hydrogen-bond acceptors (Lipinski definition) is 6. The first-order chi connectivity index (χ1) is 11.4. The Hall–Kier alpha value is -2.73. The quantitative estimate of drug-likeness (QED) is 0.621. The van der Waals surface area contributed by atoms with Crippen molar-refractivity contribution in [1.29, 1.82) is 0 Å². The van der Waals surface area contributed by atoms with Crippen LogP contribution in [0.5, 0.6) is 5.75 Å². The highest BCUT2D eigenvalue weighted by Gasteiger charge is 2.51. The van der Waals surface area contributed by atoms with E-state index in [1.807, 2.05) is 18.2 Å². The second-order valence-electron chi connectivity index (χ2n) is 5.70. The van der Waals surface area contributed by atoms with E-state index in [1.165, 1.54) is 20.0 Å². The van der Waals surface area contributed by atoms with Crippen molar-refractivity contribution < 1.29 is 23.9 Å². The molecule has 2 aliphatic heterocycles. The van der Waals surface area contributed by atoms with E-state index >= 15 is 0 Å². The Morgan fingerprint density at radius 2 is 2.00 bits per heavy atom. The average molecular weight is 327 g/mol. The maximum absolute atomic E-state index is 12.1. The second-order valence-corrected chi connectivity index (χ2v) is 5.70. The molecule has 24 heavy (non-hydrogen) atoms. The zero-order valence-electron chi connectivity index (χ0n) is 13.6. The lowest BCUT2D eigenvalue weighted by Gasteiger charge is -2.43. The minimum Gasteiger partial charge on any atom is -0.497 e. The molecule has 0 N–H and O–H groups in total. The summed E-state index contributed by atoms with van der Waals surface area (Å²) in [4.78, 5) is 37.5. The highest BCUT2D eigenvalue weighted by Crippen LogP contribution is 2.39. The van der Waals surface area contributed by atoms with E-state index in [0.29, 0.717) is 12.0 Å². The molecule has 1 atom stereocenters. The number of aldehydes is 1. The topological polar surface area (TPSA) is 72.9 Å². The van der Waals surface area contributed by atoms with E-state index in [4.69, 9.17) is 9.47 Å². The molecule has 2 aliphatic rings. The van der Waals surface area contributed by atoms with Crippen LogP contribution in [0.3, 0.4) is 0 Å². The number of anilines is 1. The predicted octanol–water partition coefficient (Wildman–Crippen LogP) is 1.88. The summed E-state index contributed by atoms with van der Waals surface area (Å²) in [5, 5.41) is 0. The monoisotopic (exact) mass is 327 g/mol.